The molecular formula is C40H64N10O14. The first-order chi connectivity index (χ1) is 30.3. The highest BCUT2D eigenvalue weighted by Gasteiger charge is 2.38. The van der Waals surface area contributed by atoms with Crippen LogP contribution in [0.5, 0.6) is 5.75 Å². The van der Waals surface area contributed by atoms with Gasteiger partial charge in [-0.15, -0.1) is 0 Å². The average Bonchev–Trinajstić information content (AvgIpc) is 3.77. The summed E-state index contributed by atoms with van der Waals surface area (Å²) in [7, 11) is 0. The van der Waals surface area contributed by atoms with E-state index < -0.39 is 134 Å². The molecule has 0 bridgehead atoms. The van der Waals surface area contributed by atoms with E-state index in [4.69, 9.17) is 16.6 Å². The molecule has 0 saturated carbocycles. The number of phenolic OH excluding ortho intramolecular Hbond substituents is 1. The van der Waals surface area contributed by atoms with Crippen molar-refractivity contribution >= 4 is 53.2 Å². The van der Waals surface area contributed by atoms with Crippen LogP contribution >= 0.6 is 0 Å². The van der Waals surface area contributed by atoms with Crippen LogP contribution in [0.15, 0.2) is 24.3 Å². The fourth-order valence-electron chi connectivity index (χ4n) is 6.54. The lowest BCUT2D eigenvalue weighted by molar-refractivity contribution is -0.143. The monoisotopic (exact) mass is 908 g/mol. The third kappa shape index (κ3) is 17.0. The van der Waals surface area contributed by atoms with Crippen LogP contribution in [0.25, 0.3) is 0 Å². The zero-order chi connectivity index (χ0) is 48.1. The number of aliphatic carboxylic acids is 1. The highest BCUT2D eigenvalue weighted by atomic mass is 16.4. The molecule has 1 heterocycles. The minimum absolute atomic E-state index is 0.0441. The van der Waals surface area contributed by atoms with E-state index in [0.717, 1.165) is 0 Å². The third-order valence-corrected chi connectivity index (χ3v) is 10.5. The van der Waals surface area contributed by atoms with Crippen molar-refractivity contribution in [1.29, 1.82) is 0 Å². The molecule has 1 aromatic carbocycles. The van der Waals surface area contributed by atoms with E-state index in [1.807, 2.05) is 5.32 Å². The summed E-state index contributed by atoms with van der Waals surface area (Å²) in [6.45, 7) is 1.80. The molecule has 0 radical (unpaired) electrons. The van der Waals surface area contributed by atoms with Gasteiger partial charge in [0.05, 0.1) is 32.4 Å². The van der Waals surface area contributed by atoms with Crippen LogP contribution in [-0.4, -0.2) is 171 Å². The second-order valence-corrected chi connectivity index (χ2v) is 15.5. The van der Waals surface area contributed by atoms with Gasteiger partial charge in [-0.3, -0.25) is 38.4 Å². The summed E-state index contributed by atoms with van der Waals surface area (Å²) in [6.07, 6.45) is 1.69. The number of likely N-dealkylation sites (tertiary alicyclic amines) is 1. The number of phenols is 1. The molecule has 0 spiro atoms. The first-order valence-electron chi connectivity index (χ1n) is 21.0. The van der Waals surface area contributed by atoms with Crippen molar-refractivity contribution in [1.82, 2.24) is 42.1 Å². The molecule has 1 fully saturated rings. The van der Waals surface area contributed by atoms with Gasteiger partial charge in [0.25, 0.3) is 0 Å². The van der Waals surface area contributed by atoms with Crippen LogP contribution < -0.4 is 48.7 Å². The molecule has 16 N–H and O–H groups in total. The SMILES string of the molecule is CC[C@H](C)[C@H](NC(=O)[C@H](CO)NC(=O)[C@H](Cc1ccc(O)cc1)NC(=O)[C@H](CO)NC(=O)[C@@H]1CCCN1C(=O)[C@H](C)N)C(=O)N[C@@H](CCCCN)C(=O)NCC(=O)N[C@@H](CO)C(=O)O. The Kier molecular flexibility index (Phi) is 23.1. The molecule has 64 heavy (non-hydrogen) atoms. The number of nitrogens with zero attached hydrogens (tertiary/aromatic N) is 1. The van der Waals surface area contributed by atoms with E-state index in [-0.39, 0.29) is 38.1 Å². The smallest absolute Gasteiger partial charge is 0.328 e. The summed E-state index contributed by atoms with van der Waals surface area (Å²) < 4.78 is 0. The lowest BCUT2D eigenvalue weighted by Crippen LogP contribution is -2.61. The van der Waals surface area contributed by atoms with Gasteiger partial charge in [0.15, 0.2) is 0 Å². The molecule has 1 saturated heterocycles. The molecule has 24 nitrogen and oxygen atoms in total. The minimum Gasteiger partial charge on any atom is -0.508 e. The van der Waals surface area contributed by atoms with Crippen molar-refractivity contribution in [3.63, 3.8) is 0 Å². The van der Waals surface area contributed by atoms with Crippen molar-refractivity contribution in [3.05, 3.63) is 29.8 Å². The van der Waals surface area contributed by atoms with E-state index in [1.165, 1.54) is 36.1 Å². The van der Waals surface area contributed by atoms with Gasteiger partial charge in [0.1, 0.15) is 48.0 Å². The second-order valence-electron chi connectivity index (χ2n) is 15.5. The Hall–Kier alpha value is -5.95. The number of hydrogen-bond acceptors (Lipinski definition) is 15. The topological polar surface area (TPSA) is 394 Å². The molecule has 8 amide bonds. The van der Waals surface area contributed by atoms with Crippen molar-refractivity contribution in [3.8, 4) is 5.75 Å². The van der Waals surface area contributed by atoms with Gasteiger partial charge in [0, 0.05) is 13.0 Å². The summed E-state index contributed by atoms with van der Waals surface area (Å²) in [5.41, 5.74) is 11.7. The number of carboxylic acid groups (broad SMARTS) is 1. The summed E-state index contributed by atoms with van der Waals surface area (Å²) in [6, 6.07) is -5.37. The Bertz CT molecular complexity index is 1770. The number of carbonyl (C=O) groups is 9. The molecule has 9 atom stereocenters. The zero-order valence-corrected chi connectivity index (χ0v) is 36.2. The summed E-state index contributed by atoms with van der Waals surface area (Å²) in [5.74, 6) is -9.08. The summed E-state index contributed by atoms with van der Waals surface area (Å²) in [4.78, 5) is 118. The minimum atomic E-state index is -1.72. The number of aromatic hydroxyl groups is 1. The number of hydrogen-bond donors (Lipinski definition) is 14. The molecule has 0 aliphatic carbocycles. The van der Waals surface area contributed by atoms with Crippen LogP contribution in [0, 0.1) is 5.92 Å². The van der Waals surface area contributed by atoms with Crippen LogP contribution in [0.4, 0.5) is 0 Å². The standard InChI is InChI=1S/C40H64N10O14/c1-4-21(2)32(38(61)45-25(8-5-6-14-41)33(56)43-17-31(55)44-29(20-53)40(63)64)49-36(59)28(19-52)47-34(57)26(16-23-10-12-24(54)13-11-23)46-35(58)27(18-51)48-37(60)30-9-7-15-50(30)39(62)22(3)42/h10-13,21-22,25-30,32,51-54H,4-9,14-20,41-42H2,1-3H3,(H,43,56)(H,44,55)(H,45,61)(H,46,58)(H,47,57)(H,48,60)(H,49,59)(H,63,64)/t21-,22-,25-,26-,27-,28-,29-,30-,32-/m0/s1. The number of carbonyl (C=O) groups excluding carboxylic acids is 8. The number of aliphatic hydroxyl groups excluding tert-OH is 3. The number of carboxylic acids is 1. The van der Waals surface area contributed by atoms with Gasteiger partial charge in [-0.2, -0.15) is 0 Å². The van der Waals surface area contributed by atoms with Crippen LogP contribution in [0.1, 0.15) is 64.9 Å². The lowest BCUT2D eigenvalue weighted by Gasteiger charge is -2.29. The maximum absolute atomic E-state index is 13.8. The van der Waals surface area contributed by atoms with Gasteiger partial charge in [-0.05, 0) is 69.2 Å². The Morgan fingerprint density at radius 3 is 1.86 bits per heavy atom. The predicted molar refractivity (Wildman–Crippen MR) is 226 cm³/mol. The van der Waals surface area contributed by atoms with Gasteiger partial charge in [-0.1, -0.05) is 32.4 Å². The Morgan fingerprint density at radius 1 is 0.734 bits per heavy atom. The van der Waals surface area contributed by atoms with E-state index in [9.17, 15) is 63.6 Å². The van der Waals surface area contributed by atoms with Crippen molar-refractivity contribution < 1.29 is 68.7 Å². The maximum atomic E-state index is 13.8. The van der Waals surface area contributed by atoms with E-state index in [0.29, 0.717) is 31.2 Å². The number of aliphatic hydroxyl groups is 3. The second kappa shape index (κ2) is 27.3. The number of nitrogens with two attached hydrogens (primary N) is 2. The highest BCUT2D eigenvalue weighted by Crippen LogP contribution is 2.19. The first kappa shape index (κ1) is 54.2. The van der Waals surface area contributed by atoms with Gasteiger partial charge in [0.2, 0.25) is 47.3 Å². The van der Waals surface area contributed by atoms with Crippen LogP contribution in [0.2, 0.25) is 0 Å². The zero-order valence-electron chi connectivity index (χ0n) is 36.2. The molecule has 1 aromatic rings. The van der Waals surface area contributed by atoms with Crippen molar-refractivity contribution in [2.75, 3.05) is 39.5 Å². The Morgan fingerprint density at radius 2 is 1.30 bits per heavy atom. The van der Waals surface area contributed by atoms with Crippen molar-refractivity contribution in [2.45, 2.75) is 114 Å². The van der Waals surface area contributed by atoms with Crippen molar-refractivity contribution in [2.24, 2.45) is 17.4 Å². The van der Waals surface area contributed by atoms with E-state index in [1.54, 1.807) is 13.8 Å². The molecule has 2 rings (SSSR count). The normalized spacial score (nSPS) is 17.2. The average molecular weight is 909 g/mol. The molecule has 0 aromatic heterocycles. The fraction of sp³-hybridized carbons (Fsp3) is 0.625. The lowest BCUT2D eigenvalue weighted by atomic mass is 9.97. The number of unbranched alkanes of at least 4 members (excludes halogenated alkanes) is 1. The predicted octanol–water partition coefficient (Wildman–Crippen LogP) is -5.47. The van der Waals surface area contributed by atoms with Crippen LogP contribution in [0.3, 0.4) is 0 Å². The van der Waals surface area contributed by atoms with E-state index >= 15 is 0 Å². The van der Waals surface area contributed by atoms with Crippen LogP contribution in [-0.2, 0) is 49.6 Å². The molecule has 0 unspecified atom stereocenters. The summed E-state index contributed by atoms with van der Waals surface area (Å²) in [5, 5.41) is 65.1. The number of amides is 8. The summed E-state index contributed by atoms with van der Waals surface area (Å²) >= 11 is 0. The molecule has 1 aliphatic heterocycles. The fourth-order valence-corrected chi connectivity index (χ4v) is 6.54. The Balaban J connectivity index is 2.27. The first-order valence-corrected chi connectivity index (χ1v) is 21.0. The maximum Gasteiger partial charge on any atom is 0.328 e. The highest BCUT2D eigenvalue weighted by molar-refractivity contribution is 5.98. The molecule has 1 aliphatic rings. The van der Waals surface area contributed by atoms with E-state index in [2.05, 4.69) is 31.9 Å². The number of benzene rings is 1. The number of nitrogens with one attached hydrogen (secondary N) is 7. The van der Waals surface area contributed by atoms with Gasteiger partial charge >= 0.3 is 5.97 Å². The molecule has 358 valence electrons. The Labute approximate surface area is 370 Å². The quantitative estimate of drug-likeness (QED) is 0.0366. The molecule has 24 heteroatoms. The largest absolute Gasteiger partial charge is 0.508 e. The third-order valence-electron chi connectivity index (χ3n) is 10.5. The number of rotatable bonds is 27. The van der Waals surface area contributed by atoms with Gasteiger partial charge in [-0.25, -0.2) is 4.79 Å². The molecular weight excluding hydrogens is 844 g/mol. The van der Waals surface area contributed by atoms with Gasteiger partial charge < -0.3 is 79.1 Å².